The van der Waals surface area contributed by atoms with Crippen molar-refractivity contribution in [2.45, 2.75) is 51.4 Å². The van der Waals surface area contributed by atoms with E-state index in [4.69, 9.17) is 5.10 Å². The van der Waals surface area contributed by atoms with Gasteiger partial charge in [-0.15, -0.1) is 0 Å². The van der Waals surface area contributed by atoms with Crippen LogP contribution in [0.5, 0.6) is 0 Å². The Labute approximate surface area is 143 Å². The first-order chi connectivity index (χ1) is 11.7. The van der Waals surface area contributed by atoms with Gasteiger partial charge in [0, 0.05) is 19.0 Å². The zero-order valence-corrected chi connectivity index (χ0v) is 14.5. The molecule has 1 saturated heterocycles. The van der Waals surface area contributed by atoms with E-state index in [1.165, 1.54) is 0 Å². The Hall–Kier alpha value is -2.10. The highest BCUT2D eigenvalue weighted by molar-refractivity contribution is 5.97. The molecule has 2 heterocycles. The van der Waals surface area contributed by atoms with Gasteiger partial charge >= 0.3 is 0 Å². The Balaban J connectivity index is 1.87. The Morgan fingerprint density at radius 2 is 1.79 bits per heavy atom. The van der Waals surface area contributed by atoms with Gasteiger partial charge in [0.25, 0.3) is 5.91 Å². The number of likely N-dealkylation sites (tertiary alicyclic amines) is 1. The molecule has 0 atom stereocenters. The third-order valence-corrected chi connectivity index (χ3v) is 5.07. The number of benzene rings is 1. The molecule has 1 aromatic carbocycles. The van der Waals surface area contributed by atoms with Crippen molar-refractivity contribution in [2.75, 3.05) is 13.1 Å². The molecule has 1 saturated carbocycles. The number of carbonyl (C=O) groups excluding carboxylic acids is 1. The van der Waals surface area contributed by atoms with Crippen molar-refractivity contribution in [3.63, 3.8) is 0 Å². The van der Waals surface area contributed by atoms with Gasteiger partial charge in [0.1, 0.15) is 0 Å². The highest BCUT2D eigenvalue weighted by atomic mass is 16.2. The van der Waals surface area contributed by atoms with Gasteiger partial charge in [-0.1, -0.05) is 32.0 Å². The molecule has 2 aliphatic rings. The lowest BCUT2D eigenvalue weighted by Crippen LogP contribution is -2.29. The molecular weight excluding hydrogens is 298 g/mol. The summed E-state index contributed by atoms with van der Waals surface area (Å²) < 4.78 is 2.02. The molecule has 126 valence electrons. The monoisotopic (exact) mass is 323 g/mol. The van der Waals surface area contributed by atoms with E-state index in [0.717, 1.165) is 61.4 Å². The molecule has 4 rings (SSSR count). The van der Waals surface area contributed by atoms with Crippen molar-refractivity contribution in [3.8, 4) is 5.69 Å². The summed E-state index contributed by atoms with van der Waals surface area (Å²) >= 11 is 0. The molecule has 0 radical (unpaired) electrons. The van der Waals surface area contributed by atoms with E-state index in [9.17, 15) is 4.79 Å². The van der Waals surface area contributed by atoms with Gasteiger partial charge in [-0.3, -0.25) is 4.79 Å². The molecular formula is C20H25N3O. The second-order valence-electron chi connectivity index (χ2n) is 7.32. The predicted molar refractivity (Wildman–Crippen MR) is 94.8 cm³/mol. The molecule has 2 fully saturated rings. The largest absolute Gasteiger partial charge is 0.339 e. The van der Waals surface area contributed by atoms with Crippen LogP contribution in [0.3, 0.4) is 0 Å². The summed E-state index contributed by atoms with van der Waals surface area (Å²) in [6, 6.07) is 10.2. The van der Waals surface area contributed by atoms with Crippen LogP contribution in [0.2, 0.25) is 0 Å². The Kier molecular flexibility index (Phi) is 3.91. The van der Waals surface area contributed by atoms with Crippen molar-refractivity contribution in [1.82, 2.24) is 14.7 Å². The van der Waals surface area contributed by atoms with Gasteiger partial charge in [0.05, 0.1) is 22.6 Å². The van der Waals surface area contributed by atoms with E-state index in [1.807, 2.05) is 27.8 Å². The molecule has 24 heavy (non-hydrogen) atoms. The third kappa shape index (κ3) is 2.64. The summed E-state index contributed by atoms with van der Waals surface area (Å²) in [5, 5.41) is 4.93. The van der Waals surface area contributed by atoms with Crippen LogP contribution in [0.15, 0.2) is 30.3 Å². The maximum absolute atomic E-state index is 13.2. The molecule has 2 aromatic rings. The Morgan fingerprint density at radius 3 is 2.38 bits per heavy atom. The summed E-state index contributed by atoms with van der Waals surface area (Å²) in [5.41, 5.74) is 4.03. The van der Waals surface area contributed by atoms with Crippen LogP contribution in [0.25, 0.3) is 5.69 Å². The maximum Gasteiger partial charge on any atom is 0.257 e. The van der Waals surface area contributed by atoms with Crippen LogP contribution in [-0.4, -0.2) is 33.7 Å². The van der Waals surface area contributed by atoms with Crippen LogP contribution >= 0.6 is 0 Å². The first-order valence-electron chi connectivity index (χ1n) is 9.14. The van der Waals surface area contributed by atoms with Crippen LogP contribution < -0.4 is 0 Å². The third-order valence-electron chi connectivity index (χ3n) is 5.07. The number of para-hydroxylation sites is 1. The standard InChI is InChI=1S/C20H25N3O/c1-14(2)19-17(20(24)22-12-6-7-13-22)18(15-10-11-15)21-23(19)16-8-4-3-5-9-16/h3-5,8-9,14-15H,6-7,10-13H2,1-2H3. The highest BCUT2D eigenvalue weighted by Gasteiger charge is 2.37. The fraction of sp³-hybridized carbons (Fsp3) is 0.500. The summed E-state index contributed by atoms with van der Waals surface area (Å²) in [6.07, 6.45) is 4.55. The van der Waals surface area contributed by atoms with Crippen LogP contribution in [-0.2, 0) is 0 Å². The van der Waals surface area contributed by atoms with Crippen molar-refractivity contribution in [1.29, 1.82) is 0 Å². The molecule has 1 aliphatic heterocycles. The van der Waals surface area contributed by atoms with E-state index in [0.29, 0.717) is 5.92 Å². The fourth-order valence-electron chi connectivity index (χ4n) is 3.69. The van der Waals surface area contributed by atoms with Gasteiger partial charge in [0.2, 0.25) is 0 Å². The highest BCUT2D eigenvalue weighted by Crippen LogP contribution is 2.43. The maximum atomic E-state index is 13.2. The number of hydrogen-bond acceptors (Lipinski definition) is 2. The predicted octanol–water partition coefficient (Wildman–Crippen LogP) is 4.11. The summed E-state index contributed by atoms with van der Waals surface area (Å²) in [7, 11) is 0. The minimum absolute atomic E-state index is 0.195. The van der Waals surface area contributed by atoms with Gasteiger partial charge < -0.3 is 4.90 Å². The van der Waals surface area contributed by atoms with E-state index >= 15 is 0 Å². The topological polar surface area (TPSA) is 38.1 Å². The van der Waals surface area contributed by atoms with Gasteiger partial charge in [-0.25, -0.2) is 4.68 Å². The first-order valence-corrected chi connectivity index (χ1v) is 9.14. The molecule has 1 amide bonds. The molecule has 1 aliphatic carbocycles. The Morgan fingerprint density at radius 1 is 1.12 bits per heavy atom. The minimum atomic E-state index is 0.195. The van der Waals surface area contributed by atoms with Crippen molar-refractivity contribution in [3.05, 3.63) is 47.3 Å². The number of rotatable bonds is 4. The fourth-order valence-corrected chi connectivity index (χ4v) is 3.69. The SMILES string of the molecule is CC(C)c1c(C(=O)N2CCCC2)c(C2CC2)nn1-c1ccccc1. The van der Waals surface area contributed by atoms with Gasteiger partial charge in [-0.05, 0) is 43.7 Å². The minimum Gasteiger partial charge on any atom is -0.339 e. The number of amides is 1. The zero-order chi connectivity index (χ0) is 16.7. The van der Waals surface area contributed by atoms with Crippen LogP contribution in [0.1, 0.15) is 73.1 Å². The lowest BCUT2D eigenvalue weighted by atomic mass is 10.0. The van der Waals surface area contributed by atoms with E-state index in [-0.39, 0.29) is 11.8 Å². The second-order valence-corrected chi connectivity index (χ2v) is 7.32. The van der Waals surface area contributed by atoms with Crippen molar-refractivity contribution >= 4 is 5.91 Å². The smallest absolute Gasteiger partial charge is 0.257 e. The van der Waals surface area contributed by atoms with E-state index in [1.54, 1.807) is 0 Å². The quantitative estimate of drug-likeness (QED) is 0.849. The molecule has 0 bridgehead atoms. The summed E-state index contributed by atoms with van der Waals surface area (Å²) in [4.78, 5) is 15.3. The molecule has 4 nitrogen and oxygen atoms in total. The molecule has 0 unspecified atom stereocenters. The van der Waals surface area contributed by atoms with Crippen molar-refractivity contribution < 1.29 is 4.79 Å². The lowest BCUT2D eigenvalue weighted by Gasteiger charge is -2.18. The van der Waals surface area contributed by atoms with Gasteiger partial charge in [0.15, 0.2) is 0 Å². The number of nitrogens with zero attached hydrogens (tertiary/aromatic N) is 3. The number of carbonyl (C=O) groups is 1. The van der Waals surface area contributed by atoms with E-state index in [2.05, 4.69) is 26.0 Å². The van der Waals surface area contributed by atoms with Crippen LogP contribution in [0.4, 0.5) is 0 Å². The summed E-state index contributed by atoms with van der Waals surface area (Å²) in [6.45, 7) is 6.09. The number of hydrogen-bond donors (Lipinski definition) is 0. The molecule has 1 aromatic heterocycles. The number of aromatic nitrogens is 2. The average Bonchev–Trinajstić information content (AvgIpc) is 3.14. The lowest BCUT2D eigenvalue weighted by molar-refractivity contribution is 0.0790. The van der Waals surface area contributed by atoms with Gasteiger partial charge in [-0.2, -0.15) is 5.10 Å². The normalized spacial score (nSPS) is 17.7. The van der Waals surface area contributed by atoms with E-state index < -0.39 is 0 Å². The van der Waals surface area contributed by atoms with Crippen molar-refractivity contribution in [2.24, 2.45) is 0 Å². The molecule has 4 heteroatoms. The molecule has 0 spiro atoms. The van der Waals surface area contributed by atoms with Crippen LogP contribution in [0, 0.1) is 0 Å². The second kappa shape index (κ2) is 6.08. The average molecular weight is 323 g/mol. The molecule has 0 N–H and O–H groups in total. The zero-order valence-electron chi connectivity index (χ0n) is 14.5. The Bertz CT molecular complexity index is 738. The summed E-state index contributed by atoms with van der Waals surface area (Å²) in [5.74, 6) is 0.918. The first kappa shape index (κ1) is 15.4.